The summed E-state index contributed by atoms with van der Waals surface area (Å²) in [7, 11) is 0. The van der Waals surface area contributed by atoms with Crippen LogP contribution in [0.5, 0.6) is 0 Å². The van der Waals surface area contributed by atoms with E-state index >= 15 is 0 Å². The van der Waals surface area contributed by atoms with E-state index in [0.29, 0.717) is 24.1 Å². The maximum absolute atomic E-state index is 13.2. The Kier molecular flexibility index (Phi) is 4.58. The molecule has 80 valence electrons. The molecule has 5 heteroatoms. The first kappa shape index (κ1) is 11.8. The van der Waals surface area contributed by atoms with Gasteiger partial charge >= 0.3 is 0 Å². The summed E-state index contributed by atoms with van der Waals surface area (Å²) >= 11 is 0. The van der Waals surface area contributed by atoms with Crippen LogP contribution in [0.1, 0.15) is 17.5 Å². The van der Waals surface area contributed by atoms with Gasteiger partial charge in [-0.2, -0.15) is 5.26 Å². The molecule has 0 aliphatic rings. The molecular formula is C11H9FN4. The normalized spacial score (nSPS) is 9.75. The number of hydrogen-bond acceptors (Lipinski definition) is 2. The van der Waals surface area contributed by atoms with Crippen molar-refractivity contribution in [3.05, 3.63) is 51.7 Å². The van der Waals surface area contributed by atoms with Crippen molar-refractivity contribution in [2.75, 3.05) is 6.54 Å². The lowest BCUT2D eigenvalue weighted by molar-refractivity contribution is 0.625. The minimum Gasteiger partial charge on any atom is -0.206 e. The number of rotatable bonds is 4. The van der Waals surface area contributed by atoms with Crippen molar-refractivity contribution < 1.29 is 4.39 Å². The quantitative estimate of drug-likeness (QED) is 0.329. The van der Waals surface area contributed by atoms with Gasteiger partial charge in [-0.1, -0.05) is 17.3 Å². The molecule has 4 nitrogen and oxygen atoms in total. The second-order valence-corrected chi connectivity index (χ2v) is 2.99. The van der Waals surface area contributed by atoms with Crippen molar-refractivity contribution in [1.82, 2.24) is 0 Å². The van der Waals surface area contributed by atoms with E-state index in [4.69, 9.17) is 10.8 Å². The summed E-state index contributed by atoms with van der Waals surface area (Å²) in [5.74, 6) is -0.376. The van der Waals surface area contributed by atoms with Gasteiger partial charge in [-0.25, -0.2) is 4.39 Å². The number of benzene rings is 1. The van der Waals surface area contributed by atoms with Crippen LogP contribution in [-0.4, -0.2) is 6.54 Å². The zero-order valence-electron chi connectivity index (χ0n) is 8.47. The van der Waals surface area contributed by atoms with Crippen LogP contribution in [0.3, 0.4) is 0 Å². The Labute approximate surface area is 92.3 Å². The lowest BCUT2D eigenvalue weighted by Gasteiger charge is -1.96. The molecule has 0 aromatic heterocycles. The van der Waals surface area contributed by atoms with Gasteiger partial charge in [0.1, 0.15) is 5.82 Å². The van der Waals surface area contributed by atoms with Gasteiger partial charge in [0, 0.05) is 17.0 Å². The topological polar surface area (TPSA) is 72.5 Å². The van der Waals surface area contributed by atoms with Crippen molar-refractivity contribution >= 4 is 6.08 Å². The highest BCUT2D eigenvalue weighted by molar-refractivity contribution is 5.53. The third-order valence-corrected chi connectivity index (χ3v) is 1.88. The molecule has 0 aliphatic carbocycles. The average Bonchev–Trinajstić information content (AvgIpc) is 2.31. The van der Waals surface area contributed by atoms with Crippen molar-refractivity contribution in [3.63, 3.8) is 0 Å². The maximum atomic E-state index is 13.2. The van der Waals surface area contributed by atoms with E-state index in [2.05, 4.69) is 10.0 Å². The molecule has 0 heterocycles. The Balaban J connectivity index is 2.72. The van der Waals surface area contributed by atoms with Crippen LogP contribution in [0.15, 0.2) is 29.4 Å². The van der Waals surface area contributed by atoms with Crippen LogP contribution < -0.4 is 0 Å². The van der Waals surface area contributed by atoms with Gasteiger partial charge in [0.25, 0.3) is 0 Å². The molecule has 0 amide bonds. The third-order valence-electron chi connectivity index (χ3n) is 1.88. The number of nitrogens with zero attached hydrogens (tertiary/aromatic N) is 4. The summed E-state index contributed by atoms with van der Waals surface area (Å²) < 4.78 is 13.2. The molecule has 0 saturated heterocycles. The summed E-state index contributed by atoms with van der Waals surface area (Å²) in [6.45, 7) is 0.340. The molecule has 0 bridgehead atoms. The van der Waals surface area contributed by atoms with Crippen LogP contribution in [-0.2, 0) is 0 Å². The van der Waals surface area contributed by atoms with Crippen LogP contribution >= 0.6 is 0 Å². The van der Waals surface area contributed by atoms with Gasteiger partial charge in [-0.3, -0.25) is 0 Å². The second-order valence-electron chi connectivity index (χ2n) is 2.99. The van der Waals surface area contributed by atoms with Crippen LogP contribution in [0, 0.1) is 17.1 Å². The molecule has 0 atom stereocenters. The Morgan fingerprint density at radius 2 is 2.38 bits per heavy atom. The molecule has 0 radical (unpaired) electrons. The minimum absolute atomic E-state index is 0.340. The van der Waals surface area contributed by atoms with E-state index in [1.165, 1.54) is 18.2 Å². The lowest BCUT2D eigenvalue weighted by Crippen LogP contribution is -1.84. The van der Waals surface area contributed by atoms with Crippen molar-refractivity contribution in [1.29, 1.82) is 5.26 Å². The Hall–Kier alpha value is -2.31. The van der Waals surface area contributed by atoms with E-state index < -0.39 is 0 Å². The molecule has 0 fully saturated rings. The standard InChI is InChI=1S/C11H9FN4/c12-11-5-4-9(8-13)7-10(11)3-1-2-6-15-16-14/h1,3-5,7H,2,6H2. The summed E-state index contributed by atoms with van der Waals surface area (Å²) in [5, 5.41) is 12.0. The largest absolute Gasteiger partial charge is 0.206 e. The molecule has 0 unspecified atom stereocenters. The van der Waals surface area contributed by atoms with Crippen molar-refractivity contribution in [2.24, 2.45) is 5.11 Å². The lowest BCUT2D eigenvalue weighted by atomic mass is 10.1. The molecule has 0 saturated carbocycles. The average molecular weight is 216 g/mol. The fourth-order valence-corrected chi connectivity index (χ4v) is 1.13. The van der Waals surface area contributed by atoms with E-state index in [9.17, 15) is 4.39 Å². The molecular weight excluding hydrogens is 207 g/mol. The van der Waals surface area contributed by atoms with Crippen LogP contribution in [0.25, 0.3) is 16.5 Å². The fourth-order valence-electron chi connectivity index (χ4n) is 1.13. The van der Waals surface area contributed by atoms with Gasteiger partial charge in [0.05, 0.1) is 11.6 Å². The molecule has 1 aromatic carbocycles. The summed E-state index contributed by atoms with van der Waals surface area (Å²) in [6.07, 6.45) is 3.82. The Bertz CT molecular complexity index is 481. The van der Waals surface area contributed by atoms with Gasteiger partial charge in [0.15, 0.2) is 0 Å². The highest BCUT2D eigenvalue weighted by Gasteiger charge is 1.99. The molecule has 1 rings (SSSR count). The summed E-state index contributed by atoms with van der Waals surface area (Å²) in [6, 6.07) is 6.09. The molecule has 0 spiro atoms. The zero-order valence-corrected chi connectivity index (χ0v) is 8.47. The first-order valence-electron chi connectivity index (χ1n) is 4.65. The predicted molar refractivity (Wildman–Crippen MR) is 58.8 cm³/mol. The minimum atomic E-state index is -0.376. The number of azide groups is 1. The molecule has 0 aliphatic heterocycles. The van der Waals surface area contributed by atoms with Gasteiger partial charge in [0.2, 0.25) is 0 Å². The first-order chi connectivity index (χ1) is 7.77. The SMILES string of the molecule is N#Cc1ccc(F)c(C=CCCN=[N+]=[N-])c1. The van der Waals surface area contributed by atoms with E-state index in [-0.39, 0.29) is 5.82 Å². The highest BCUT2D eigenvalue weighted by atomic mass is 19.1. The third kappa shape index (κ3) is 3.45. The molecule has 16 heavy (non-hydrogen) atoms. The van der Waals surface area contributed by atoms with Crippen molar-refractivity contribution in [3.8, 4) is 6.07 Å². The Morgan fingerprint density at radius 3 is 3.06 bits per heavy atom. The molecule has 1 aromatic rings. The number of nitriles is 1. The van der Waals surface area contributed by atoms with Crippen LogP contribution in [0.4, 0.5) is 4.39 Å². The van der Waals surface area contributed by atoms with E-state index in [0.717, 1.165) is 0 Å². The number of halogens is 1. The smallest absolute Gasteiger partial charge is 0.130 e. The van der Waals surface area contributed by atoms with Crippen molar-refractivity contribution in [2.45, 2.75) is 6.42 Å². The predicted octanol–water partition coefficient (Wildman–Crippen LogP) is 3.41. The van der Waals surface area contributed by atoms with Gasteiger partial charge < -0.3 is 0 Å². The monoisotopic (exact) mass is 216 g/mol. The summed E-state index contributed by atoms with van der Waals surface area (Å²) in [5.41, 5.74) is 8.81. The fraction of sp³-hybridized carbons (Fsp3) is 0.182. The summed E-state index contributed by atoms with van der Waals surface area (Å²) in [4.78, 5) is 2.60. The van der Waals surface area contributed by atoms with E-state index in [1.807, 2.05) is 6.07 Å². The maximum Gasteiger partial charge on any atom is 0.130 e. The van der Waals surface area contributed by atoms with E-state index in [1.54, 1.807) is 12.2 Å². The van der Waals surface area contributed by atoms with Gasteiger partial charge in [-0.15, -0.1) is 0 Å². The first-order valence-corrected chi connectivity index (χ1v) is 4.65. The van der Waals surface area contributed by atoms with Gasteiger partial charge in [-0.05, 0) is 30.2 Å². The zero-order chi connectivity index (χ0) is 11.8. The second kappa shape index (κ2) is 6.23. The van der Waals surface area contributed by atoms with Crippen LogP contribution in [0.2, 0.25) is 0 Å². The Morgan fingerprint density at radius 1 is 1.56 bits per heavy atom. The number of hydrogen-bond donors (Lipinski definition) is 0. The highest BCUT2D eigenvalue weighted by Crippen LogP contribution is 2.12. The molecule has 0 N–H and O–H groups in total.